The van der Waals surface area contributed by atoms with E-state index in [9.17, 15) is 4.79 Å². The fourth-order valence-electron chi connectivity index (χ4n) is 2.89. The quantitative estimate of drug-likeness (QED) is 0.823. The van der Waals surface area contributed by atoms with Crippen LogP contribution in [0.5, 0.6) is 17.2 Å². The molecule has 6 nitrogen and oxygen atoms in total. The van der Waals surface area contributed by atoms with Crippen LogP contribution >= 0.6 is 0 Å². The number of fused-ring (bicyclic) bond motifs is 1. The van der Waals surface area contributed by atoms with E-state index in [1.54, 1.807) is 7.11 Å². The van der Waals surface area contributed by atoms with Gasteiger partial charge in [0.25, 0.3) is 5.91 Å². The first-order valence-corrected chi connectivity index (χ1v) is 8.73. The van der Waals surface area contributed by atoms with Crippen molar-refractivity contribution in [2.24, 2.45) is 0 Å². The topological polar surface area (TPSA) is 61.2 Å². The van der Waals surface area contributed by atoms with Crippen LogP contribution in [0, 0.1) is 0 Å². The summed E-state index contributed by atoms with van der Waals surface area (Å²) in [6.07, 6.45) is 0. The molecule has 0 saturated heterocycles. The van der Waals surface area contributed by atoms with Crippen molar-refractivity contribution in [3.8, 4) is 17.2 Å². The second-order valence-electron chi connectivity index (χ2n) is 6.41. The molecular weight excluding hydrogens is 332 g/mol. The van der Waals surface area contributed by atoms with E-state index in [-0.39, 0.29) is 11.9 Å². The Morgan fingerprint density at radius 2 is 1.92 bits per heavy atom. The van der Waals surface area contributed by atoms with Crippen LogP contribution in [-0.4, -0.2) is 39.3 Å². The highest BCUT2D eigenvalue weighted by molar-refractivity contribution is 5.94. The Kier molecular flexibility index (Phi) is 5.63. The Labute approximate surface area is 153 Å². The number of hydrogen-bond donors (Lipinski definition) is 2. The van der Waals surface area contributed by atoms with Crippen LogP contribution in [0.25, 0.3) is 0 Å². The number of methoxy groups -OCH3 is 1. The lowest BCUT2D eigenvalue weighted by Crippen LogP contribution is -3.12. The first-order chi connectivity index (χ1) is 12.6. The van der Waals surface area contributed by atoms with Gasteiger partial charge in [-0.1, -0.05) is 12.1 Å². The van der Waals surface area contributed by atoms with Crippen LogP contribution in [0.2, 0.25) is 0 Å². The zero-order chi connectivity index (χ0) is 18.5. The third-order valence-electron chi connectivity index (χ3n) is 4.59. The average molecular weight is 357 g/mol. The summed E-state index contributed by atoms with van der Waals surface area (Å²) >= 11 is 0. The molecule has 1 unspecified atom stereocenters. The number of rotatable bonds is 6. The van der Waals surface area contributed by atoms with Gasteiger partial charge in [-0.3, -0.25) is 4.79 Å². The van der Waals surface area contributed by atoms with Gasteiger partial charge in [-0.05, 0) is 37.3 Å². The summed E-state index contributed by atoms with van der Waals surface area (Å²) in [7, 11) is 3.59. The van der Waals surface area contributed by atoms with Crippen molar-refractivity contribution < 1.29 is 23.9 Å². The summed E-state index contributed by atoms with van der Waals surface area (Å²) in [5, 5.41) is 2.95. The lowest BCUT2D eigenvalue weighted by Gasteiger charge is -2.23. The molecular formula is C20H25N2O4+. The van der Waals surface area contributed by atoms with E-state index < -0.39 is 0 Å². The molecule has 138 valence electrons. The first kappa shape index (κ1) is 18.1. The van der Waals surface area contributed by atoms with Crippen LogP contribution < -0.4 is 24.4 Å². The van der Waals surface area contributed by atoms with Crippen molar-refractivity contribution in [1.29, 1.82) is 0 Å². The molecule has 3 rings (SSSR count). The van der Waals surface area contributed by atoms with Gasteiger partial charge in [0.1, 0.15) is 25.5 Å². The molecule has 1 aliphatic rings. The van der Waals surface area contributed by atoms with E-state index >= 15 is 0 Å². The van der Waals surface area contributed by atoms with Crippen molar-refractivity contribution >= 4 is 11.6 Å². The smallest absolute Gasteiger partial charge is 0.282 e. The maximum Gasteiger partial charge on any atom is 0.282 e. The minimum Gasteiger partial charge on any atom is -0.495 e. The van der Waals surface area contributed by atoms with E-state index in [1.807, 2.05) is 56.4 Å². The van der Waals surface area contributed by atoms with Gasteiger partial charge >= 0.3 is 0 Å². The molecule has 0 aromatic heterocycles. The largest absolute Gasteiger partial charge is 0.495 e. The summed E-state index contributed by atoms with van der Waals surface area (Å²) in [4.78, 5) is 13.7. The number of quaternary nitrogens is 1. The van der Waals surface area contributed by atoms with Crippen LogP contribution in [0.1, 0.15) is 12.5 Å². The molecule has 0 bridgehead atoms. The van der Waals surface area contributed by atoms with Gasteiger partial charge in [-0.25, -0.2) is 0 Å². The minimum atomic E-state index is -0.229. The predicted molar refractivity (Wildman–Crippen MR) is 99.1 cm³/mol. The number of benzene rings is 2. The number of amides is 1. The van der Waals surface area contributed by atoms with Crippen molar-refractivity contribution in [3.63, 3.8) is 0 Å². The predicted octanol–water partition coefficient (Wildman–Crippen LogP) is 1.51. The first-order valence-electron chi connectivity index (χ1n) is 8.73. The number of anilines is 1. The van der Waals surface area contributed by atoms with E-state index in [0.717, 1.165) is 22.0 Å². The molecule has 1 amide bonds. The maximum absolute atomic E-state index is 12.6. The fraction of sp³-hybridized carbons (Fsp3) is 0.350. The van der Waals surface area contributed by atoms with Gasteiger partial charge in [0.2, 0.25) is 0 Å². The Morgan fingerprint density at radius 1 is 1.19 bits per heavy atom. The van der Waals surface area contributed by atoms with Gasteiger partial charge in [0.05, 0.1) is 19.8 Å². The normalized spacial score (nSPS) is 15.0. The highest BCUT2D eigenvalue weighted by Gasteiger charge is 2.23. The van der Waals surface area contributed by atoms with Gasteiger partial charge in [-0.15, -0.1) is 0 Å². The van der Waals surface area contributed by atoms with E-state index in [1.165, 1.54) is 0 Å². The molecule has 2 atom stereocenters. The Balaban J connectivity index is 1.63. The van der Waals surface area contributed by atoms with E-state index in [0.29, 0.717) is 31.2 Å². The number of carbonyl (C=O) groups is 1. The van der Waals surface area contributed by atoms with Crippen LogP contribution in [0.3, 0.4) is 0 Å². The average Bonchev–Trinajstić information content (AvgIpc) is 2.67. The number of para-hydroxylation sites is 2. The zero-order valence-corrected chi connectivity index (χ0v) is 15.4. The summed E-state index contributed by atoms with van der Waals surface area (Å²) in [6.45, 7) is 3.77. The second kappa shape index (κ2) is 8.10. The lowest BCUT2D eigenvalue weighted by molar-refractivity contribution is -0.907. The molecule has 2 aromatic carbocycles. The summed E-state index contributed by atoms with van der Waals surface area (Å²) in [5.74, 6) is 2.15. The Morgan fingerprint density at radius 3 is 2.69 bits per heavy atom. The molecule has 6 heteroatoms. The zero-order valence-electron chi connectivity index (χ0n) is 15.4. The molecule has 0 radical (unpaired) electrons. The number of hydrogen-bond acceptors (Lipinski definition) is 4. The van der Waals surface area contributed by atoms with E-state index in [4.69, 9.17) is 14.2 Å². The molecule has 1 heterocycles. The summed E-state index contributed by atoms with van der Waals surface area (Å²) < 4.78 is 16.5. The standard InChI is InChI=1S/C20H24N2O4/c1-14(20(23)21-16-6-4-5-7-17(16)24-3)22(2)13-15-8-9-18-19(12-15)26-11-10-25-18/h4-9,12,14H,10-11,13H2,1-3H3,(H,21,23)/p+1/t14-/m1/s1. The molecule has 0 aliphatic carbocycles. The van der Waals surface area contributed by atoms with Crippen LogP contribution in [-0.2, 0) is 11.3 Å². The molecule has 2 N–H and O–H groups in total. The highest BCUT2D eigenvalue weighted by Crippen LogP contribution is 2.30. The molecule has 0 fully saturated rings. The van der Waals surface area contributed by atoms with Crippen LogP contribution in [0.4, 0.5) is 5.69 Å². The van der Waals surface area contributed by atoms with Crippen LogP contribution in [0.15, 0.2) is 42.5 Å². The summed E-state index contributed by atoms with van der Waals surface area (Å²) in [6, 6.07) is 13.1. The second-order valence-corrected chi connectivity index (χ2v) is 6.41. The molecule has 0 spiro atoms. The van der Waals surface area contributed by atoms with Gasteiger partial charge < -0.3 is 24.4 Å². The lowest BCUT2D eigenvalue weighted by atomic mass is 10.1. The number of likely N-dealkylation sites (N-methyl/N-ethyl adjacent to an activating group) is 1. The molecule has 0 saturated carbocycles. The highest BCUT2D eigenvalue weighted by atomic mass is 16.6. The SMILES string of the molecule is COc1ccccc1NC(=O)[C@@H](C)[NH+](C)Cc1ccc2c(c1)OCCO2. The maximum atomic E-state index is 12.6. The van der Waals surface area contributed by atoms with Gasteiger partial charge in [-0.2, -0.15) is 0 Å². The van der Waals surface area contributed by atoms with Gasteiger partial charge in [0, 0.05) is 5.56 Å². The molecule has 1 aliphatic heterocycles. The number of carbonyl (C=O) groups excluding carboxylic acids is 1. The Bertz CT molecular complexity index is 778. The van der Waals surface area contributed by atoms with Crippen molar-refractivity contribution in [3.05, 3.63) is 48.0 Å². The molecule has 26 heavy (non-hydrogen) atoms. The minimum absolute atomic E-state index is 0.0513. The third-order valence-corrected chi connectivity index (χ3v) is 4.59. The number of ether oxygens (including phenoxy) is 3. The van der Waals surface area contributed by atoms with Crippen molar-refractivity contribution in [2.45, 2.75) is 19.5 Å². The van der Waals surface area contributed by atoms with Crippen molar-refractivity contribution in [2.75, 3.05) is 32.7 Å². The van der Waals surface area contributed by atoms with E-state index in [2.05, 4.69) is 5.32 Å². The monoisotopic (exact) mass is 357 g/mol. The molecule has 2 aromatic rings. The van der Waals surface area contributed by atoms with Crippen molar-refractivity contribution in [1.82, 2.24) is 0 Å². The third kappa shape index (κ3) is 4.08. The van der Waals surface area contributed by atoms with Gasteiger partial charge in [0.15, 0.2) is 17.5 Å². The number of nitrogens with one attached hydrogen (secondary N) is 2. The summed E-state index contributed by atoms with van der Waals surface area (Å²) in [5.41, 5.74) is 1.78. The fourth-order valence-corrected chi connectivity index (χ4v) is 2.89. The Hall–Kier alpha value is -2.73.